The molecule has 1 aliphatic carbocycles. The van der Waals surface area contributed by atoms with Gasteiger partial charge in [-0.2, -0.15) is 4.99 Å². The number of aliphatic imine (C=N–C) groups is 1. The summed E-state index contributed by atoms with van der Waals surface area (Å²) in [6.45, 7) is 0. The van der Waals surface area contributed by atoms with Crippen molar-refractivity contribution in [2.75, 3.05) is 7.11 Å². The van der Waals surface area contributed by atoms with Crippen LogP contribution in [-0.2, 0) is 10.3 Å². The van der Waals surface area contributed by atoms with Crippen molar-refractivity contribution in [1.29, 1.82) is 0 Å². The van der Waals surface area contributed by atoms with Gasteiger partial charge in [0.2, 0.25) is 6.08 Å². The molecule has 1 heterocycles. The molecule has 0 atom stereocenters. The highest BCUT2D eigenvalue weighted by molar-refractivity contribution is 5.84. The van der Waals surface area contributed by atoms with Crippen LogP contribution in [0.1, 0.15) is 18.4 Å². The highest BCUT2D eigenvalue weighted by Gasteiger charge is 2.45. The highest BCUT2D eigenvalue weighted by Crippen LogP contribution is 2.50. The van der Waals surface area contributed by atoms with Crippen LogP contribution in [0, 0.1) is 0 Å². The van der Waals surface area contributed by atoms with Gasteiger partial charge in [-0.1, -0.05) is 0 Å². The topological polar surface area (TPSA) is 51.8 Å². The van der Waals surface area contributed by atoms with E-state index in [0.29, 0.717) is 5.75 Å². The first kappa shape index (κ1) is 10.1. The number of ether oxygens (including phenoxy) is 1. The molecule has 0 bridgehead atoms. The Labute approximate surface area is 97.9 Å². The van der Waals surface area contributed by atoms with Gasteiger partial charge in [-0.3, -0.25) is 0 Å². The lowest BCUT2D eigenvalue weighted by Gasteiger charge is -2.10. The minimum Gasteiger partial charge on any atom is -0.493 e. The summed E-state index contributed by atoms with van der Waals surface area (Å²) in [4.78, 5) is 14.4. The Balaban J connectivity index is 2.21. The molecule has 1 aromatic carbocycles. The van der Waals surface area contributed by atoms with Gasteiger partial charge in [-0.05, 0) is 36.6 Å². The van der Waals surface area contributed by atoms with Crippen LogP contribution in [-0.4, -0.2) is 13.2 Å². The Morgan fingerprint density at radius 3 is 2.94 bits per heavy atom. The molecule has 2 aromatic rings. The Hall–Kier alpha value is -2.06. The monoisotopic (exact) mass is 229 g/mol. The Bertz CT molecular complexity index is 619. The van der Waals surface area contributed by atoms with E-state index in [1.165, 1.54) is 0 Å². The van der Waals surface area contributed by atoms with Crippen LogP contribution in [0.3, 0.4) is 0 Å². The minimum absolute atomic E-state index is 0.375. The summed E-state index contributed by atoms with van der Waals surface area (Å²) in [5.74, 6) is 0.676. The minimum atomic E-state index is -0.375. The molecule has 0 amide bonds. The molecule has 0 saturated heterocycles. The lowest BCUT2D eigenvalue weighted by Crippen LogP contribution is -2.02. The number of isocyanates is 1. The molecule has 4 nitrogen and oxygen atoms in total. The molecule has 17 heavy (non-hydrogen) atoms. The molecule has 0 spiro atoms. The van der Waals surface area contributed by atoms with E-state index in [-0.39, 0.29) is 5.54 Å². The number of fused-ring (bicyclic) bond motifs is 1. The van der Waals surface area contributed by atoms with Crippen molar-refractivity contribution in [1.82, 2.24) is 0 Å². The van der Waals surface area contributed by atoms with Gasteiger partial charge in [-0.25, -0.2) is 4.79 Å². The number of carbonyl (C=O) groups excluding carboxylic acids is 1. The molecule has 86 valence electrons. The zero-order valence-electron chi connectivity index (χ0n) is 9.40. The maximum atomic E-state index is 10.5. The van der Waals surface area contributed by atoms with Gasteiger partial charge in [0.1, 0.15) is 0 Å². The molecule has 0 aliphatic heterocycles. The van der Waals surface area contributed by atoms with Crippen molar-refractivity contribution < 1.29 is 13.9 Å². The summed E-state index contributed by atoms with van der Waals surface area (Å²) in [5, 5.41) is 0.965. The molecule has 0 radical (unpaired) electrons. The molecule has 1 fully saturated rings. The van der Waals surface area contributed by atoms with E-state index in [9.17, 15) is 4.79 Å². The molecule has 1 saturated carbocycles. The van der Waals surface area contributed by atoms with Crippen LogP contribution in [0.15, 0.2) is 33.9 Å². The van der Waals surface area contributed by atoms with Crippen molar-refractivity contribution in [2.45, 2.75) is 18.4 Å². The third kappa shape index (κ3) is 1.46. The lowest BCUT2D eigenvalue weighted by atomic mass is 10.0. The van der Waals surface area contributed by atoms with E-state index in [1.807, 2.05) is 18.2 Å². The summed E-state index contributed by atoms with van der Waals surface area (Å²) in [6.07, 6.45) is 5.05. The number of benzene rings is 1. The highest BCUT2D eigenvalue weighted by atomic mass is 16.5. The van der Waals surface area contributed by atoms with Crippen molar-refractivity contribution in [3.8, 4) is 5.75 Å². The van der Waals surface area contributed by atoms with E-state index in [2.05, 4.69) is 4.99 Å². The average molecular weight is 229 g/mol. The predicted octanol–water partition coefficient (Wildman–Crippen LogP) is 2.77. The second-order valence-corrected chi connectivity index (χ2v) is 4.25. The summed E-state index contributed by atoms with van der Waals surface area (Å²) in [7, 11) is 1.60. The molecule has 4 heteroatoms. The lowest BCUT2D eigenvalue weighted by molar-refractivity contribution is 0.409. The van der Waals surface area contributed by atoms with Gasteiger partial charge in [-0.15, -0.1) is 0 Å². The summed E-state index contributed by atoms with van der Waals surface area (Å²) in [5.41, 5.74) is 1.34. The van der Waals surface area contributed by atoms with E-state index in [4.69, 9.17) is 9.15 Å². The number of hydrogen-bond donors (Lipinski definition) is 0. The predicted molar refractivity (Wildman–Crippen MR) is 61.8 cm³/mol. The molecule has 3 rings (SSSR count). The second-order valence-electron chi connectivity index (χ2n) is 4.25. The van der Waals surface area contributed by atoms with Gasteiger partial charge in [0.05, 0.1) is 18.9 Å². The number of furan rings is 1. The fourth-order valence-corrected chi connectivity index (χ4v) is 2.14. The summed E-state index contributed by atoms with van der Waals surface area (Å²) >= 11 is 0. The van der Waals surface area contributed by atoms with Crippen LogP contribution in [0.2, 0.25) is 0 Å². The van der Waals surface area contributed by atoms with Gasteiger partial charge >= 0.3 is 0 Å². The van der Waals surface area contributed by atoms with Crippen molar-refractivity contribution in [3.05, 3.63) is 30.0 Å². The third-order valence-corrected chi connectivity index (χ3v) is 3.26. The number of methoxy groups -OCH3 is 1. The fourth-order valence-electron chi connectivity index (χ4n) is 2.14. The van der Waals surface area contributed by atoms with E-state index < -0.39 is 0 Å². The molecule has 1 aromatic heterocycles. The van der Waals surface area contributed by atoms with E-state index in [1.54, 1.807) is 19.5 Å². The first-order chi connectivity index (χ1) is 8.29. The maximum Gasteiger partial charge on any atom is 0.235 e. The van der Waals surface area contributed by atoms with Gasteiger partial charge < -0.3 is 9.15 Å². The Morgan fingerprint density at radius 1 is 1.47 bits per heavy atom. The first-order valence-corrected chi connectivity index (χ1v) is 5.44. The van der Waals surface area contributed by atoms with Crippen LogP contribution < -0.4 is 4.74 Å². The molecule has 1 aliphatic rings. The van der Waals surface area contributed by atoms with Crippen LogP contribution in [0.5, 0.6) is 5.75 Å². The van der Waals surface area contributed by atoms with Crippen molar-refractivity contribution in [2.24, 2.45) is 4.99 Å². The largest absolute Gasteiger partial charge is 0.493 e. The van der Waals surface area contributed by atoms with Crippen molar-refractivity contribution in [3.63, 3.8) is 0 Å². The zero-order valence-corrected chi connectivity index (χ0v) is 9.40. The average Bonchev–Trinajstić information content (AvgIpc) is 2.97. The first-order valence-electron chi connectivity index (χ1n) is 5.44. The molecule has 0 N–H and O–H groups in total. The Morgan fingerprint density at radius 2 is 2.29 bits per heavy atom. The normalized spacial score (nSPS) is 16.5. The standard InChI is InChI=1S/C13H11NO3/c1-16-11-7-10(13(3-4-13)14-8-15)6-9-2-5-17-12(9)11/h2,5-7H,3-4H2,1H3. The Kier molecular flexibility index (Phi) is 2.06. The van der Waals surface area contributed by atoms with E-state index >= 15 is 0 Å². The third-order valence-electron chi connectivity index (χ3n) is 3.26. The number of hydrogen-bond acceptors (Lipinski definition) is 4. The van der Waals surface area contributed by atoms with Gasteiger partial charge in [0.15, 0.2) is 11.3 Å². The quantitative estimate of drug-likeness (QED) is 0.600. The van der Waals surface area contributed by atoms with Crippen LogP contribution >= 0.6 is 0 Å². The summed E-state index contributed by atoms with van der Waals surface area (Å²) in [6, 6.07) is 5.76. The smallest absolute Gasteiger partial charge is 0.235 e. The molecule has 0 unspecified atom stereocenters. The maximum absolute atomic E-state index is 10.5. The number of nitrogens with zero attached hydrogens (tertiary/aromatic N) is 1. The molecular formula is C13H11NO3. The van der Waals surface area contributed by atoms with Crippen LogP contribution in [0.25, 0.3) is 11.0 Å². The summed E-state index contributed by atoms with van der Waals surface area (Å²) < 4.78 is 10.6. The zero-order chi connectivity index (χ0) is 11.9. The fraction of sp³-hybridized carbons (Fsp3) is 0.308. The SMILES string of the molecule is COc1cc(C2(N=C=O)CC2)cc2ccoc12. The van der Waals surface area contributed by atoms with Crippen LogP contribution in [0.4, 0.5) is 0 Å². The van der Waals surface area contributed by atoms with Crippen molar-refractivity contribution >= 4 is 17.0 Å². The van der Waals surface area contributed by atoms with Gasteiger partial charge in [0, 0.05) is 5.39 Å². The molecular weight excluding hydrogens is 218 g/mol. The van der Waals surface area contributed by atoms with Gasteiger partial charge in [0.25, 0.3) is 0 Å². The number of rotatable bonds is 3. The second kappa shape index (κ2) is 3.47. The van der Waals surface area contributed by atoms with E-state index in [0.717, 1.165) is 29.4 Å².